The number of nitrogens with one attached hydrogen (secondary N) is 1. The standard InChI is InChI=1S/C12H17NS/c1-3-10(2)13-12(14)9-11-7-5-4-6-8-11/h4-8,10H,3,9H2,1-2H3,(H,13,14). The molecule has 0 spiro atoms. The van der Waals surface area contributed by atoms with Gasteiger partial charge in [0.2, 0.25) is 0 Å². The van der Waals surface area contributed by atoms with Crippen molar-refractivity contribution in [3.05, 3.63) is 35.9 Å². The van der Waals surface area contributed by atoms with Crippen molar-refractivity contribution in [3.63, 3.8) is 0 Å². The minimum atomic E-state index is 0.478. The summed E-state index contributed by atoms with van der Waals surface area (Å²) in [6.07, 6.45) is 1.95. The van der Waals surface area contributed by atoms with Crippen LogP contribution >= 0.6 is 12.2 Å². The largest absolute Gasteiger partial charge is 0.377 e. The predicted molar refractivity (Wildman–Crippen MR) is 65.6 cm³/mol. The highest BCUT2D eigenvalue weighted by molar-refractivity contribution is 7.80. The fourth-order valence-electron chi connectivity index (χ4n) is 1.21. The summed E-state index contributed by atoms with van der Waals surface area (Å²) in [6.45, 7) is 4.31. The Morgan fingerprint density at radius 3 is 2.57 bits per heavy atom. The minimum absolute atomic E-state index is 0.478. The number of hydrogen-bond donors (Lipinski definition) is 1. The molecule has 0 saturated heterocycles. The van der Waals surface area contributed by atoms with Gasteiger partial charge < -0.3 is 5.32 Å². The molecule has 1 rings (SSSR count). The normalized spacial score (nSPS) is 12.1. The lowest BCUT2D eigenvalue weighted by atomic mass is 10.1. The Kier molecular flexibility index (Phi) is 4.60. The summed E-state index contributed by atoms with van der Waals surface area (Å²) in [7, 11) is 0. The lowest BCUT2D eigenvalue weighted by Crippen LogP contribution is -2.31. The van der Waals surface area contributed by atoms with Crippen molar-refractivity contribution in [1.29, 1.82) is 0 Å². The maximum absolute atomic E-state index is 5.27. The molecule has 14 heavy (non-hydrogen) atoms. The molecule has 0 aromatic heterocycles. The van der Waals surface area contributed by atoms with E-state index in [2.05, 4.69) is 31.3 Å². The van der Waals surface area contributed by atoms with E-state index in [1.54, 1.807) is 0 Å². The van der Waals surface area contributed by atoms with Gasteiger partial charge in [0.15, 0.2) is 0 Å². The van der Waals surface area contributed by atoms with Crippen LogP contribution in [0, 0.1) is 0 Å². The fraction of sp³-hybridized carbons (Fsp3) is 0.417. The van der Waals surface area contributed by atoms with Crippen molar-refractivity contribution in [2.45, 2.75) is 32.7 Å². The van der Waals surface area contributed by atoms with Gasteiger partial charge in [-0.1, -0.05) is 49.5 Å². The van der Waals surface area contributed by atoms with Crippen molar-refractivity contribution >= 4 is 17.2 Å². The van der Waals surface area contributed by atoms with Gasteiger partial charge in [-0.25, -0.2) is 0 Å². The highest BCUT2D eigenvalue weighted by Crippen LogP contribution is 2.01. The SMILES string of the molecule is CCC(C)NC(=S)Cc1ccccc1. The van der Waals surface area contributed by atoms with Crippen LogP contribution in [0.25, 0.3) is 0 Å². The molecule has 1 aromatic rings. The van der Waals surface area contributed by atoms with Crippen LogP contribution in [0.5, 0.6) is 0 Å². The van der Waals surface area contributed by atoms with E-state index in [-0.39, 0.29) is 0 Å². The molecule has 2 heteroatoms. The van der Waals surface area contributed by atoms with Gasteiger partial charge in [0.25, 0.3) is 0 Å². The lowest BCUT2D eigenvalue weighted by Gasteiger charge is -2.13. The van der Waals surface area contributed by atoms with Crippen molar-refractivity contribution in [2.24, 2.45) is 0 Å². The summed E-state index contributed by atoms with van der Waals surface area (Å²) < 4.78 is 0. The molecule has 1 unspecified atom stereocenters. The molecule has 1 aromatic carbocycles. The van der Waals surface area contributed by atoms with Gasteiger partial charge in [-0.3, -0.25) is 0 Å². The Hall–Kier alpha value is -0.890. The molecule has 0 saturated carbocycles. The summed E-state index contributed by atoms with van der Waals surface area (Å²) >= 11 is 5.27. The first-order valence-electron chi connectivity index (χ1n) is 5.05. The van der Waals surface area contributed by atoms with Crippen molar-refractivity contribution in [1.82, 2.24) is 5.32 Å². The third-order valence-corrected chi connectivity index (χ3v) is 2.49. The smallest absolute Gasteiger partial charge is 0.0799 e. The van der Waals surface area contributed by atoms with Gasteiger partial charge in [-0.2, -0.15) is 0 Å². The first kappa shape index (κ1) is 11.2. The monoisotopic (exact) mass is 207 g/mol. The van der Waals surface area contributed by atoms with Crippen LogP contribution in [-0.2, 0) is 6.42 Å². The maximum Gasteiger partial charge on any atom is 0.0799 e. The highest BCUT2D eigenvalue weighted by atomic mass is 32.1. The third kappa shape index (κ3) is 3.88. The molecule has 1 N–H and O–H groups in total. The van der Waals surface area contributed by atoms with E-state index in [1.807, 2.05) is 18.2 Å². The van der Waals surface area contributed by atoms with E-state index in [9.17, 15) is 0 Å². The van der Waals surface area contributed by atoms with E-state index < -0.39 is 0 Å². The van der Waals surface area contributed by atoms with Crippen molar-refractivity contribution in [2.75, 3.05) is 0 Å². The molecule has 0 aliphatic carbocycles. The molecule has 0 fully saturated rings. The lowest BCUT2D eigenvalue weighted by molar-refractivity contribution is 0.642. The quantitative estimate of drug-likeness (QED) is 0.762. The second-order valence-electron chi connectivity index (χ2n) is 3.54. The van der Waals surface area contributed by atoms with Crippen LogP contribution in [0.4, 0.5) is 0 Å². The Morgan fingerprint density at radius 1 is 1.36 bits per heavy atom. The average Bonchev–Trinajstić information content (AvgIpc) is 2.19. The van der Waals surface area contributed by atoms with Crippen LogP contribution < -0.4 is 5.32 Å². The van der Waals surface area contributed by atoms with Crippen LogP contribution in [-0.4, -0.2) is 11.0 Å². The first-order valence-corrected chi connectivity index (χ1v) is 5.46. The zero-order chi connectivity index (χ0) is 10.4. The maximum atomic E-state index is 5.27. The zero-order valence-corrected chi connectivity index (χ0v) is 9.60. The van der Waals surface area contributed by atoms with Crippen LogP contribution in [0.15, 0.2) is 30.3 Å². The Labute approximate surface area is 91.5 Å². The Bertz CT molecular complexity index is 282. The molecule has 0 bridgehead atoms. The van der Waals surface area contributed by atoms with Crippen LogP contribution in [0.2, 0.25) is 0 Å². The van der Waals surface area contributed by atoms with E-state index in [1.165, 1.54) is 5.56 Å². The van der Waals surface area contributed by atoms with Gasteiger partial charge in [0.05, 0.1) is 4.99 Å². The predicted octanol–water partition coefficient (Wildman–Crippen LogP) is 2.94. The van der Waals surface area contributed by atoms with Gasteiger partial charge >= 0.3 is 0 Å². The van der Waals surface area contributed by atoms with Crippen LogP contribution in [0.3, 0.4) is 0 Å². The Balaban J connectivity index is 2.42. The molecule has 0 aliphatic rings. The van der Waals surface area contributed by atoms with Crippen molar-refractivity contribution in [3.8, 4) is 0 Å². The third-order valence-electron chi connectivity index (χ3n) is 2.23. The fourth-order valence-corrected chi connectivity index (χ4v) is 1.58. The summed E-state index contributed by atoms with van der Waals surface area (Å²) in [5, 5.41) is 3.31. The van der Waals surface area contributed by atoms with Gasteiger partial charge in [-0.15, -0.1) is 0 Å². The Morgan fingerprint density at radius 2 is 2.00 bits per heavy atom. The summed E-state index contributed by atoms with van der Waals surface area (Å²) in [5.74, 6) is 0. The zero-order valence-electron chi connectivity index (χ0n) is 8.79. The number of rotatable bonds is 4. The van der Waals surface area contributed by atoms with Gasteiger partial charge in [0, 0.05) is 12.5 Å². The van der Waals surface area contributed by atoms with Crippen LogP contribution in [0.1, 0.15) is 25.8 Å². The molecule has 1 nitrogen and oxygen atoms in total. The first-order chi connectivity index (χ1) is 6.72. The topological polar surface area (TPSA) is 12.0 Å². The average molecular weight is 207 g/mol. The molecule has 0 amide bonds. The molecule has 0 aliphatic heterocycles. The molecule has 0 radical (unpaired) electrons. The number of thiocarbonyl (C=S) groups is 1. The summed E-state index contributed by atoms with van der Waals surface area (Å²) in [6, 6.07) is 10.8. The van der Waals surface area contributed by atoms with E-state index in [4.69, 9.17) is 12.2 Å². The van der Waals surface area contributed by atoms with E-state index >= 15 is 0 Å². The molecular formula is C12H17NS. The number of hydrogen-bond acceptors (Lipinski definition) is 1. The van der Waals surface area contributed by atoms with E-state index in [0.29, 0.717) is 6.04 Å². The molecular weight excluding hydrogens is 190 g/mol. The number of benzene rings is 1. The highest BCUT2D eigenvalue weighted by Gasteiger charge is 2.01. The molecule has 76 valence electrons. The van der Waals surface area contributed by atoms with Crippen molar-refractivity contribution < 1.29 is 0 Å². The summed E-state index contributed by atoms with van der Waals surface area (Å²) in [5.41, 5.74) is 1.27. The van der Waals surface area contributed by atoms with E-state index in [0.717, 1.165) is 17.8 Å². The molecule has 1 atom stereocenters. The minimum Gasteiger partial charge on any atom is -0.377 e. The molecule has 0 heterocycles. The second-order valence-corrected chi connectivity index (χ2v) is 4.03. The summed E-state index contributed by atoms with van der Waals surface area (Å²) in [4.78, 5) is 0.936. The second kappa shape index (κ2) is 5.76. The van der Waals surface area contributed by atoms with Gasteiger partial charge in [-0.05, 0) is 18.9 Å². The van der Waals surface area contributed by atoms with Gasteiger partial charge in [0.1, 0.15) is 0 Å².